The van der Waals surface area contributed by atoms with Gasteiger partial charge in [-0.25, -0.2) is 4.79 Å². The molecular weight excluding hydrogens is 330 g/mol. The van der Waals surface area contributed by atoms with E-state index in [4.69, 9.17) is 27.4 Å². The molecule has 146 valence electrons. The number of hydrogen-bond donors (Lipinski definition) is 7. The zero-order chi connectivity index (χ0) is 19.2. The Kier molecular flexibility index (Phi) is 12.6. The molecule has 0 saturated carbocycles. The van der Waals surface area contributed by atoms with Crippen LogP contribution in [0.3, 0.4) is 0 Å². The van der Waals surface area contributed by atoms with Gasteiger partial charge in [0.25, 0.3) is 0 Å². The van der Waals surface area contributed by atoms with Gasteiger partial charge < -0.3 is 38.0 Å². The highest BCUT2D eigenvalue weighted by Gasteiger charge is 2.27. The first-order chi connectivity index (χ1) is 11.9. The molecule has 0 saturated heterocycles. The van der Waals surface area contributed by atoms with Crippen LogP contribution in [0.5, 0.6) is 0 Å². The van der Waals surface area contributed by atoms with Gasteiger partial charge in [-0.3, -0.25) is 9.59 Å². The highest BCUT2D eigenvalue weighted by Crippen LogP contribution is 2.04. The molecule has 25 heavy (non-hydrogen) atoms. The highest BCUT2D eigenvalue weighted by atomic mass is 16.4. The molecule has 0 aromatic carbocycles. The third-order valence-corrected chi connectivity index (χ3v) is 3.68. The highest BCUT2D eigenvalue weighted by molar-refractivity contribution is 5.91. The lowest BCUT2D eigenvalue weighted by Crippen LogP contribution is -2.55. The van der Waals surface area contributed by atoms with Crippen LogP contribution in [0.15, 0.2) is 0 Å². The fourth-order valence-electron chi connectivity index (χ4n) is 2.14. The summed E-state index contributed by atoms with van der Waals surface area (Å²) in [4.78, 5) is 35.3. The average molecular weight is 361 g/mol. The summed E-state index contributed by atoms with van der Waals surface area (Å²) in [5, 5.41) is 22.6. The molecule has 3 atom stereocenters. The molecular formula is C15H31N5O5. The number of rotatable bonds is 14. The number of aliphatic carboxylic acids is 1. The Morgan fingerprint density at radius 1 is 0.840 bits per heavy atom. The minimum absolute atomic E-state index is 0.294. The van der Waals surface area contributed by atoms with Crippen LogP contribution in [0, 0.1) is 0 Å². The van der Waals surface area contributed by atoms with E-state index in [1.54, 1.807) is 0 Å². The number of unbranched alkanes of at least 4 members (excludes halogenated alkanes) is 2. The summed E-state index contributed by atoms with van der Waals surface area (Å²) in [6.45, 7) is 0.203. The molecule has 0 aromatic rings. The zero-order valence-corrected chi connectivity index (χ0v) is 14.4. The predicted molar refractivity (Wildman–Crippen MR) is 92.4 cm³/mol. The van der Waals surface area contributed by atoms with Crippen molar-refractivity contribution in [1.82, 2.24) is 10.6 Å². The Morgan fingerprint density at radius 3 is 1.84 bits per heavy atom. The van der Waals surface area contributed by atoms with Crippen LogP contribution in [0.1, 0.15) is 38.5 Å². The normalized spacial score (nSPS) is 14.4. The van der Waals surface area contributed by atoms with Crippen molar-refractivity contribution in [3.8, 4) is 0 Å². The second-order valence-electron chi connectivity index (χ2n) is 5.82. The Morgan fingerprint density at radius 2 is 1.36 bits per heavy atom. The number of carbonyl (C=O) groups excluding carboxylic acids is 2. The number of amides is 2. The van der Waals surface area contributed by atoms with Gasteiger partial charge in [-0.2, -0.15) is 0 Å². The number of aliphatic hydroxyl groups excluding tert-OH is 1. The van der Waals surface area contributed by atoms with Crippen LogP contribution < -0.4 is 27.8 Å². The lowest BCUT2D eigenvalue weighted by atomic mass is 10.1. The SMILES string of the molecule is NCCCCC(N)C(=O)NC(CCCCN)C(=O)NC(CO)C(=O)O. The van der Waals surface area contributed by atoms with E-state index >= 15 is 0 Å². The van der Waals surface area contributed by atoms with E-state index in [0.29, 0.717) is 45.2 Å². The molecule has 0 bridgehead atoms. The first kappa shape index (κ1) is 23.2. The average Bonchev–Trinajstić information content (AvgIpc) is 2.58. The molecule has 0 aliphatic heterocycles. The summed E-state index contributed by atoms with van der Waals surface area (Å²) in [5.74, 6) is -2.52. The molecule has 0 radical (unpaired) electrons. The van der Waals surface area contributed by atoms with E-state index in [-0.39, 0.29) is 0 Å². The van der Waals surface area contributed by atoms with Crippen molar-refractivity contribution in [2.75, 3.05) is 19.7 Å². The van der Waals surface area contributed by atoms with Crippen molar-refractivity contribution in [3.63, 3.8) is 0 Å². The molecule has 10 nitrogen and oxygen atoms in total. The lowest BCUT2D eigenvalue weighted by molar-refractivity contribution is -0.143. The summed E-state index contributed by atoms with van der Waals surface area (Å²) in [7, 11) is 0. The fraction of sp³-hybridized carbons (Fsp3) is 0.800. The van der Waals surface area contributed by atoms with Gasteiger partial charge in [0.2, 0.25) is 11.8 Å². The van der Waals surface area contributed by atoms with Gasteiger partial charge in [0.15, 0.2) is 0 Å². The van der Waals surface area contributed by atoms with Crippen molar-refractivity contribution in [2.24, 2.45) is 17.2 Å². The molecule has 10 N–H and O–H groups in total. The van der Waals surface area contributed by atoms with E-state index in [1.165, 1.54) is 0 Å². The largest absolute Gasteiger partial charge is 0.480 e. The van der Waals surface area contributed by atoms with E-state index in [9.17, 15) is 14.4 Å². The van der Waals surface area contributed by atoms with Gasteiger partial charge in [-0.15, -0.1) is 0 Å². The number of carbonyl (C=O) groups is 3. The lowest BCUT2D eigenvalue weighted by Gasteiger charge is -2.22. The van der Waals surface area contributed by atoms with Crippen LogP contribution in [0.25, 0.3) is 0 Å². The minimum atomic E-state index is -1.43. The van der Waals surface area contributed by atoms with Crippen LogP contribution in [-0.4, -0.2) is 65.8 Å². The zero-order valence-electron chi connectivity index (χ0n) is 14.4. The third kappa shape index (κ3) is 9.97. The van der Waals surface area contributed by atoms with Crippen LogP contribution >= 0.6 is 0 Å². The number of carboxylic acid groups (broad SMARTS) is 1. The van der Waals surface area contributed by atoms with E-state index in [1.807, 2.05) is 0 Å². The molecule has 0 aliphatic rings. The fourth-order valence-corrected chi connectivity index (χ4v) is 2.14. The molecule has 0 rings (SSSR count). The van der Waals surface area contributed by atoms with Crippen LogP contribution in [0.4, 0.5) is 0 Å². The van der Waals surface area contributed by atoms with Gasteiger partial charge in [0.1, 0.15) is 12.1 Å². The molecule has 0 fully saturated rings. The molecule has 10 heteroatoms. The van der Waals surface area contributed by atoms with Gasteiger partial charge in [-0.05, 0) is 45.2 Å². The van der Waals surface area contributed by atoms with Crippen molar-refractivity contribution >= 4 is 17.8 Å². The summed E-state index contributed by atoms with van der Waals surface area (Å²) in [6, 6.07) is -3.14. The van der Waals surface area contributed by atoms with Gasteiger partial charge in [0, 0.05) is 0 Å². The molecule has 0 heterocycles. The maximum Gasteiger partial charge on any atom is 0.328 e. The topological polar surface area (TPSA) is 194 Å². The Hall–Kier alpha value is -1.75. The number of nitrogens with two attached hydrogens (primary N) is 3. The second-order valence-corrected chi connectivity index (χ2v) is 5.82. The minimum Gasteiger partial charge on any atom is -0.480 e. The summed E-state index contributed by atoms with van der Waals surface area (Å²) < 4.78 is 0. The van der Waals surface area contributed by atoms with Crippen LogP contribution in [-0.2, 0) is 14.4 Å². The molecule has 0 spiro atoms. The van der Waals surface area contributed by atoms with Gasteiger partial charge >= 0.3 is 5.97 Å². The molecule has 0 aliphatic carbocycles. The Balaban J connectivity index is 4.76. The summed E-state index contributed by atoms with van der Waals surface area (Å²) in [5.41, 5.74) is 16.6. The summed E-state index contributed by atoms with van der Waals surface area (Å²) in [6.07, 6.45) is 3.41. The monoisotopic (exact) mass is 361 g/mol. The maximum absolute atomic E-state index is 12.2. The van der Waals surface area contributed by atoms with Gasteiger partial charge in [-0.1, -0.05) is 6.42 Å². The first-order valence-electron chi connectivity index (χ1n) is 8.47. The standard InChI is InChI=1S/C15H31N5O5/c16-7-3-1-5-10(18)13(22)19-11(6-2-4-8-17)14(23)20-12(9-21)15(24)25/h10-12,21H,1-9,16-18H2,(H,19,22)(H,20,23)(H,24,25). The van der Waals surface area contributed by atoms with Gasteiger partial charge in [0.05, 0.1) is 12.6 Å². The van der Waals surface area contributed by atoms with Crippen LogP contribution in [0.2, 0.25) is 0 Å². The Labute approximate surface area is 147 Å². The van der Waals surface area contributed by atoms with Crippen molar-refractivity contribution in [3.05, 3.63) is 0 Å². The van der Waals surface area contributed by atoms with E-state index in [2.05, 4.69) is 10.6 Å². The van der Waals surface area contributed by atoms with Crippen molar-refractivity contribution in [1.29, 1.82) is 0 Å². The van der Waals surface area contributed by atoms with E-state index in [0.717, 1.165) is 6.42 Å². The summed E-state index contributed by atoms with van der Waals surface area (Å²) >= 11 is 0. The second kappa shape index (κ2) is 13.5. The molecule has 3 unspecified atom stereocenters. The maximum atomic E-state index is 12.2. The van der Waals surface area contributed by atoms with Crippen molar-refractivity contribution < 1.29 is 24.6 Å². The Bertz CT molecular complexity index is 421. The van der Waals surface area contributed by atoms with E-state index < -0.39 is 42.5 Å². The third-order valence-electron chi connectivity index (χ3n) is 3.68. The molecule has 2 amide bonds. The quantitative estimate of drug-likeness (QED) is 0.167. The first-order valence-corrected chi connectivity index (χ1v) is 8.47. The number of nitrogens with one attached hydrogen (secondary N) is 2. The number of aliphatic hydroxyl groups is 1. The van der Waals surface area contributed by atoms with Crippen molar-refractivity contribution in [2.45, 2.75) is 56.7 Å². The number of carboxylic acids is 1. The predicted octanol–water partition coefficient (Wildman–Crippen LogP) is -2.38. The molecule has 0 aromatic heterocycles. The number of hydrogen-bond acceptors (Lipinski definition) is 7. The smallest absolute Gasteiger partial charge is 0.328 e.